The maximum atomic E-state index is 14.5. The van der Waals surface area contributed by atoms with E-state index >= 15 is 0 Å². The van der Waals surface area contributed by atoms with Gasteiger partial charge in [-0.2, -0.15) is 0 Å². The maximum absolute atomic E-state index is 14.5. The summed E-state index contributed by atoms with van der Waals surface area (Å²) in [5, 5.41) is 22.7. The Kier molecular flexibility index (Phi) is 15.4. The number of ether oxygens (including phenoxy) is 2. The van der Waals surface area contributed by atoms with Crippen molar-refractivity contribution < 1.29 is 28.8 Å². The van der Waals surface area contributed by atoms with Crippen molar-refractivity contribution in [1.82, 2.24) is 9.80 Å². The third kappa shape index (κ3) is 11.2. The molecule has 0 spiro atoms. The summed E-state index contributed by atoms with van der Waals surface area (Å²) in [7, 11) is 3.53. The number of para-hydroxylation sites is 1. The standard InChI is InChI=1S/C40H53N4O7P/c1-30-36(39(46)50-25-23-42(34-17-11-8-12-18-34)27-32-14-9-7-10-15-32)37(33-16-13-19-35(26-33)44(47)48)38(52-51-29-40(3,4)28-45)31(2)43(30)21-20-41(5)22-24-49-6/h7-19,26,37,45,52H,20-25,27-29H2,1-6H3. The zero-order chi connectivity index (χ0) is 37.7. The Morgan fingerprint density at radius 3 is 2.31 bits per heavy atom. The van der Waals surface area contributed by atoms with Gasteiger partial charge >= 0.3 is 5.97 Å². The number of aliphatic hydroxyl groups excluding tert-OH is 1. The number of benzene rings is 3. The fourth-order valence-corrected chi connectivity index (χ4v) is 7.37. The van der Waals surface area contributed by atoms with Gasteiger partial charge in [0.25, 0.3) is 5.69 Å². The molecule has 0 saturated heterocycles. The number of carbonyl (C=O) groups is 1. The highest BCUT2D eigenvalue weighted by atomic mass is 31.1. The number of hydrogen-bond donors (Lipinski definition) is 1. The number of likely N-dealkylation sites (N-methyl/N-ethyl adjacent to an activating group) is 1. The minimum absolute atomic E-state index is 0.0510. The number of carbonyl (C=O) groups excluding carboxylic acids is 1. The van der Waals surface area contributed by atoms with Gasteiger partial charge in [0, 0.05) is 88.0 Å². The number of non-ortho nitro benzene ring substituents is 1. The van der Waals surface area contributed by atoms with Gasteiger partial charge in [-0.25, -0.2) is 4.79 Å². The molecule has 0 bridgehead atoms. The van der Waals surface area contributed by atoms with Crippen LogP contribution in [-0.2, 0) is 25.3 Å². The molecule has 0 aliphatic carbocycles. The lowest BCUT2D eigenvalue weighted by molar-refractivity contribution is -0.384. The molecule has 4 rings (SSSR count). The van der Waals surface area contributed by atoms with Crippen LogP contribution >= 0.6 is 8.81 Å². The molecule has 0 amide bonds. The van der Waals surface area contributed by atoms with Gasteiger partial charge in [0.05, 0.1) is 36.9 Å². The summed E-state index contributed by atoms with van der Waals surface area (Å²) in [4.78, 5) is 32.4. The Bertz CT molecular complexity index is 1680. The smallest absolute Gasteiger partial charge is 0.336 e. The average Bonchev–Trinajstić information content (AvgIpc) is 3.14. The molecule has 280 valence electrons. The Morgan fingerprint density at radius 2 is 1.65 bits per heavy atom. The van der Waals surface area contributed by atoms with E-state index in [0.29, 0.717) is 50.5 Å². The molecule has 1 N–H and O–H groups in total. The first-order valence-corrected chi connectivity index (χ1v) is 18.5. The number of rotatable bonds is 20. The molecule has 0 saturated carbocycles. The summed E-state index contributed by atoms with van der Waals surface area (Å²) in [5.41, 5.74) is 4.30. The zero-order valence-electron chi connectivity index (χ0n) is 31.2. The van der Waals surface area contributed by atoms with Crippen LogP contribution in [0.15, 0.2) is 107 Å². The Morgan fingerprint density at radius 1 is 0.962 bits per heavy atom. The number of aliphatic hydroxyl groups is 1. The molecule has 0 fully saturated rings. The lowest BCUT2D eigenvalue weighted by Crippen LogP contribution is -2.37. The Balaban J connectivity index is 1.70. The van der Waals surface area contributed by atoms with Crippen LogP contribution < -0.4 is 4.90 Å². The minimum atomic E-state index is -0.639. The topological polar surface area (TPSA) is 118 Å². The Labute approximate surface area is 309 Å². The van der Waals surface area contributed by atoms with Crippen LogP contribution in [0.4, 0.5) is 11.4 Å². The number of allylic oxidation sites excluding steroid dienone is 3. The van der Waals surface area contributed by atoms with E-state index in [4.69, 9.17) is 14.0 Å². The van der Waals surface area contributed by atoms with E-state index in [0.717, 1.165) is 34.5 Å². The van der Waals surface area contributed by atoms with Crippen molar-refractivity contribution in [3.63, 3.8) is 0 Å². The lowest BCUT2D eigenvalue weighted by atomic mass is 9.85. The van der Waals surface area contributed by atoms with Crippen LogP contribution in [-0.4, -0.2) is 92.6 Å². The third-order valence-corrected chi connectivity index (χ3v) is 10.3. The first-order valence-electron chi connectivity index (χ1n) is 17.6. The second-order valence-electron chi connectivity index (χ2n) is 13.8. The summed E-state index contributed by atoms with van der Waals surface area (Å²) in [5.74, 6) is -1.12. The predicted octanol–water partition coefficient (Wildman–Crippen LogP) is 6.96. The fraction of sp³-hybridized carbons (Fsp3) is 0.425. The van der Waals surface area contributed by atoms with E-state index in [1.807, 2.05) is 89.3 Å². The molecule has 3 aromatic rings. The second kappa shape index (κ2) is 19.6. The van der Waals surface area contributed by atoms with Crippen molar-refractivity contribution in [3.05, 3.63) is 128 Å². The highest BCUT2D eigenvalue weighted by Gasteiger charge is 2.38. The number of nitro benzene ring substituents is 1. The quantitative estimate of drug-likeness (QED) is 0.0566. The van der Waals surface area contributed by atoms with Crippen LogP contribution in [0.3, 0.4) is 0 Å². The van der Waals surface area contributed by atoms with E-state index in [1.54, 1.807) is 13.2 Å². The number of nitrogens with zero attached hydrogens (tertiary/aromatic N) is 4. The van der Waals surface area contributed by atoms with E-state index in [9.17, 15) is 20.0 Å². The summed E-state index contributed by atoms with van der Waals surface area (Å²) >= 11 is 0. The molecule has 0 aromatic heterocycles. The molecule has 2 atom stereocenters. The van der Waals surface area contributed by atoms with Gasteiger partial charge in [-0.15, -0.1) is 0 Å². The molecule has 11 nitrogen and oxygen atoms in total. The van der Waals surface area contributed by atoms with Crippen LogP contribution in [0.25, 0.3) is 0 Å². The van der Waals surface area contributed by atoms with Gasteiger partial charge in [-0.05, 0) is 44.2 Å². The largest absolute Gasteiger partial charge is 0.460 e. The van der Waals surface area contributed by atoms with E-state index in [1.165, 1.54) is 12.1 Å². The highest BCUT2D eigenvalue weighted by Crippen LogP contribution is 2.50. The number of esters is 1. The summed E-state index contributed by atoms with van der Waals surface area (Å²) < 4.78 is 17.7. The highest BCUT2D eigenvalue weighted by molar-refractivity contribution is 7.37. The van der Waals surface area contributed by atoms with Crippen molar-refractivity contribution in [2.24, 2.45) is 5.41 Å². The van der Waals surface area contributed by atoms with Crippen molar-refractivity contribution >= 4 is 26.2 Å². The number of methoxy groups -OCH3 is 1. The van der Waals surface area contributed by atoms with E-state index < -0.39 is 22.2 Å². The van der Waals surface area contributed by atoms with Crippen LogP contribution in [0, 0.1) is 15.5 Å². The van der Waals surface area contributed by atoms with Crippen molar-refractivity contribution in [3.8, 4) is 0 Å². The van der Waals surface area contributed by atoms with Gasteiger partial charge in [0.2, 0.25) is 0 Å². The number of anilines is 1. The lowest BCUT2D eigenvalue weighted by Gasteiger charge is -2.39. The maximum Gasteiger partial charge on any atom is 0.336 e. The summed E-state index contributed by atoms with van der Waals surface area (Å²) in [6.07, 6.45) is 0. The van der Waals surface area contributed by atoms with E-state index in [-0.39, 0.29) is 27.7 Å². The van der Waals surface area contributed by atoms with Crippen molar-refractivity contribution in [1.29, 1.82) is 0 Å². The monoisotopic (exact) mass is 732 g/mol. The first-order chi connectivity index (χ1) is 25.0. The Hall–Kier alpha value is -4.12. The average molecular weight is 733 g/mol. The fourth-order valence-electron chi connectivity index (χ4n) is 6.04. The van der Waals surface area contributed by atoms with Gasteiger partial charge in [-0.1, -0.05) is 74.5 Å². The normalized spacial score (nSPS) is 15.2. The molecule has 52 heavy (non-hydrogen) atoms. The molecule has 1 aliphatic rings. The number of nitro groups is 1. The third-order valence-electron chi connectivity index (χ3n) is 9.19. The summed E-state index contributed by atoms with van der Waals surface area (Å²) in [6, 6.07) is 26.6. The molecule has 1 heterocycles. The zero-order valence-corrected chi connectivity index (χ0v) is 32.2. The molecule has 0 radical (unpaired) electrons. The molecule has 3 aromatic carbocycles. The van der Waals surface area contributed by atoms with Gasteiger partial charge in [0.1, 0.15) is 6.61 Å². The molecule has 2 unspecified atom stereocenters. The molecular weight excluding hydrogens is 679 g/mol. The van der Waals surface area contributed by atoms with E-state index in [2.05, 4.69) is 26.8 Å². The molecule has 1 aliphatic heterocycles. The van der Waals surface area contributed by atoms with Crippen LogP contribution in [0.1, 0.15) is 44.7 Å². The molecule has 12 heteroatoms. The summed E-state index contributed by atoms with van der Waals surface area (Å²) in [6.45, 7) is 11.9. The molecular formula is C40H53N4O7P. The van der Waals surface area contributed by atoms with Crippen molar-refractivity contribution in [2.45, 2.75) is 40.2 Å². The minimum Gasteiger partial charge on any atom is -0.460 e. The number of hydrogen-bond acceptors (Lipinski definition) is 10. The van der Waals surface area contributed by atoms with Crippen LogP contribution in [0.5, 0.6) is 0 Å². The second-order valence-corrected chi connectivity index (χ2v) is 14.9. The first kappa shape index (κ1) is 40.6. The van der Waals surface area contributed by atoms with Crippen LogP contribution in [0.2, 0.25) is 0 Å². The van der Waals surface area contributed by atoms with Crippen molar-refractivity contribution in [2.75, 3.05) is 71.7 Å². The SMILES string of the molecule is COCCN(C)CCN1C(C)=C(POCC(C)(C)CO)C(c2cccc([N+](=O)[O-])c2)C(C(=O)OCCN(Cc2ccccc2)c2ccccc2)=C1C. The van der Waals surface area contributed by atoms with Gasteiger partial charge < -0.3 is 33.8 Å². The predicted molar refractivity (Wildman–Crippen MR) is 207 cm³/mol. The van der Waals surface area contributed by atoms with Gasteiger partial charge in [-0.3, -0.25) is 10.1 Å². The van der Waals surface area contributed by atoms with Gasteiger partial charge in [0.15, 0.2) is 0 Å².